The second-order valence-electron chi connectivity index (χ2n) is 5.27. The van der Waals surface area contributed by atoms with Crippen molar-refractivity contribution >= 4 is 53.8 Å². The lowest BCUT2D eigenvalue weighted by atomic mass is 10.1. The molecule has 0 amide bonds. The van der Waals surface area contributed by atoms with Gasteiger partial charge in [0.25, 0.3) is 0 Å². The van der Waals surface area contributed by atoms with Gasteiger partial charge in [-0.2, -0.15) is 0 Å². The summed E-state index contributed by atoms with van der Waals surface area (Å²) >= 11 is 1.50. The molecular weight excluding hydrogens is 320 g/mol. The van der Waals surface area contributed by atoms with Crippen LogP contribution in [0.25, 0.3) is 18.2 Å². The molecule has 0 unspecified atom stereocenters. The van der Waals surface area contributed by atoms with Gasteiger partial charge >= 0.3 is 0 Å². The summed E-state index contributed by atoms with van der Waals surface area (Å²) in [5, 5.41) is 0.967. The molecule has 0 saturated heterocycles. The highest BCUT2D eigenvalue weighted by molar-refractivity contribution is 7.12. The number of amidine groups is 1. The summed E-state index contributed by atoms with van der Waals surface area (Å²) in [5.41, 5.74) is 14.3. The van der Waals surface area contributed by atoms with E-state index in [1.54, 1.807) is 24.0 Å². The first-order valence-corrected chi connectivity index (χ1v) is 8.02. The van der Waals surface area contributed by atoms with Gasteiger partial charge in [0.2, 0.25) is 11.6 Å². The van der Waals surface area contributed by atoms with Gasteiger partial charge in [-0.15, -0.1) is 11.3 Å². The maximum atomic E-state index is 6.00. The van der Waals surface area contributed by atoms with Gasteiger partial charge in [-0.1, -0.05) is 12.7 Å². The molecule has 24 heavy (non-hydrogen) atoms. The number of hydrogen-bond donors (Lipinski definition) is 2. The Labute approximate surface area is 144 Å². The molecule has 124 valence electrons. The molecule has 2 aromatic rings. The first-order chi connectivity index (χ1) is 11.3. The highest BCUT2D eigenvalue weighted by Gasteiger charge is 2.18. The van der Waals surface area contributed by atoms with Gasteiger partial charge in [0.15, 0.2) is 0 Å². The summed E-state index contributed by atoms with van der Waals surface area (Å²) in [6, 6.07) is 0. The Kier molecular flexibility index (Phi) is 5.25. The van der Waals surface area contributed by atoms with Crippen LogP contribution < -0.4 is 21.2 Å². The van der Waals surface area contributed by atoms with Gasteiger partial charge in [-0.25, -0.2) is 14.5 Å². The van der Waals surface area contributed by atoms with E-state index in [1.807, 2.05) is 26.1 Å². The van der Waals surface area contributed by atoms with Gasteiger partial charge in [0.1, 0.15) is 24.5 Å². The van der Waals surface area contributed by atoms with Crippen LogP contribution in [-0.2, 0) is 0 Å². The molecule has 2 heterocycles. The van der Waals surface area contributed by atoms with Crippen LogP contribution in [0.15, 0.2) is 23.5 Å². The minimum atomic E-state index is 0.258. The molecule has 0 aliphatic carbocycles. The monoisotopic (exact) mass is 341 g/mol. The lowest BCUT2D eigenvalue weighted by molar-refractivity contribution is -0.395. The molecule has 6 nitrogen and oxygen atoms in total. The van der Waals surface area contributed by atoms with E-state index >= 15 is 0 Å². The Balaban J connectivity index is 2.59. The molecule has 0 aliphatic rings. The molecule has 2 aromatic heterocycles. The van der Waals surface area contributed by atoms with Crippen molar-refractivity contribution in [2.24, 2.45) is 10.7 Å². The normalized spacial score (nSPS) is 13.4. The number of nitrogens with zero attached hydrogens (tertiary/aromatic N) is 4. The van der Waals surface area contributed by atoms with Crippen LogP contribution in [0.3, 0.4) is 0 Å². The maximum Gasteiger partial charge on any atom is 0.234 e. The van der Waals surface area contributed by atoms with E-state index in [0.29, 0.717) is 5.84 Å². The van der Waals surface area contributed by atoms with Crippen molar-refractivity contribution in [2.75, 3.05) is 19.8 Å². The minimum Gasteiger partial charge on any atom is -0.383 e. The molecule has 7 heteroatoms. The van der Waals surface area contributed by atoms with E-state index in [4.69, 9.17) is 11.5 Å². The van der Waals surface area contributed by atoms with Crippen LogP contribution in [0.2, 0.25) is 0 Å². The first-order valence-electron chi connectivity index (χ1n) is 7.20. The number of rotatable bonds is 4. The van der Waals surface area contributed by atoms with Crippen molar-refractivity contribution in [1.29, 1.82) is 0 Å². The zero-order chi connectivity index (χ0) is 17.9. The number of nitrogens with two attached hydrogens (primary N) is 2. The zero-order valence-corrected chi connectivity index (χ0v) is 14.9. The van der Waals surface area contributed by atoms with Crippen LogP contribution in [0.5, 0.6) is 0 Å². The molecule has 0 atom stereocenters. The fourth-order valence-electron chi connectivity index (χ4n) is 2.15. The predicted molar refractivity (Wildman–Crippen MR) is 103 cm³/mol. The molecule has 0 saturated carbocycles. The number of nitrogen functional groups attached to an aromatic ring is 1. The lowest BCUT2D eigenvalue weighted by Gasteiger charge is -1.99. The van der Waals surface area contributed by atoms with Crippen LogP contribution in [-0.4, -0.2) is 41.2 Å². The molecule has 0 fully saturated rings. The summed E-state index contributed by atoms with van der Waals surface area (Å²) < 4.78 is 2.68. The molecular formula is C17H21N6S+. The Morgan fingerprint density at radius 1 is 1.38 bits per heavy atom. The van der Waals surface area contributed by atoms with E-state index in [9.17, 15) is 0 Å². The first kappa shape index (κ1) is 17.6. The van der Waals surface area contributed by atoms with E-state index in [0.717, 1.165) is 31.5 Å². The van der Waals surface area contributed by atoms with Crippen LogP contribution in [0, 0.1) is 0 Å². The van der Waals surface area contributed by atoms with Gasteiger partial charge in [-0.05, 0) is 18.6 Å². The number of aromatic nitrogens is 2. The quantitative estimate of drug-likeness (QED) is 0.487. The Hall–Kier alpha value is -2.80. The summed E-state index contributed by atoms with van der Waals surface area (Å²) in [6.07, 6.45) is 7.38. The average Bonchev–Trinajstić information content (AvgIpc) is 2.89. The maximum absolute atomic E-state index is 6.00. The summed E-state index contributed by atoms with van der Waals surface area (Å²) in [4.78, 5) is 13.0. The van der Waals surface area contributed by atoms with Crippen molar-refractivity contribution in [2.45, 2.75) is 6.92 Å². The third-order valence-corrected chi connectivity index (χ3v) is 4.55. The average molecular weight is 341 g/mol. The third-order valence-electron chi connectivity index (χ3n) is 3.48. The van der Waals surface area contributed by atoms with Crippen LogP contribution >= 0.6 is 11.3 Å². The summed E-state index contributed by atoms with van der Waals surface area (Å²) in [7, 11) is 3.54. The van der Waals surface area contributed by atoms with Crippen molar-refractivity contribution in [1.82, 2.24) is 9.97 Å². The van der Waals surface area contributed by atoms with Gasteiger partial charge in [0, 0.05) is 29.5 Å². The van der Waals surface area contributed by atoms with Crippen molar-refractivity contribution in [3.8, 4) is 0 Å². The fourth-order valence-corrected chi connectivity index (χ4v) is 3.23. The molecule has 0 spiro atoms. The third kappa shape index (κ3) is 3.57. The molecule has 2 rings (SSSR count). The highest BCUT2D eigenvalue weighted by Crippen LogP contribution is 2.16. The summed E-state index contributed by atoms with van der Waals surface area (Å²) in [5.74, 6) is 0.732. The molecule has 0 aliphatic heterocycles. The van der Waals surface area contributed by atoms with Crippen LogP contribution in [0.4, 0.5) is 11.6 Å². The van der Waals surface area contributed by atoms with E-state index in [2.05, 4.69) is 28.3 Å². The standard InChI is InChI=1S/C17H21N6S/c1-10(12-8-21-17(19)22-9-12)6-7-13-11(2)24-15(16(18)20-3)14(13)23(4)5/h6-9H,2,4H2,1,3,5H3,(H2,18,20)(H2,19,21,22)/q+1. The van der Waals surface area contributed by atoms with E-state index in [1.165, 1.54) is 11.3 Å². The Morgan fingerprint density at radius 3 is 2.54 bits per heavy atom. The Morgan fingerprint density at radius 2 is 2.00 bits per heavy atom. The lowest BCUT2D eigenvalue weighted by Crippen LogP contribution is -2.21. The Bertz CT molecular complexity index is 935. The number of thiophene rings is 1. The second-order valence-corrected chi connectivity index (χ2v) is 6.37. The largest absolute Gasteiger partial charge is 0.383 e. The van der Waals surface area contributed by atoms with Crippen molar-refractivity contribution in [3.05, 3.63) is 38.7 Å². The molecule has 0 aromatic carbocycles. The number of aliphatic imine (C=N–C) groups is 1. The predicted octanol–water partition coefficient (Wildman–Crippen LogP) is 0.724. The van der Waals surface area contributed by atoms with Gasteiger partial charge < -0.3 is 11.5 Å². The second kappa shape index (κ2) is 7.18. The van der Waals surface area contributed by atoms with Gasteiger partial charge in [-0.3, -0.25) is 4.99 Å². The van der Waals surface area contributed by atoms with Crippen molar-refractivity contribution in [3.63, 3.8) is 0 Å². The molecule has 0 radical (unpaired) electrons. The zero-order valence-electron chi connectivity index (χ0n) is 14.1. The van der Waals surface area contributed by atoms with Crippen molar-refractivity contribution < 1.29 is 4.58 Å². The van der Waals surface area contributed by atoms with E-state index in [-0.39, 0.29) is 5.95 Å². The SMILES string of the molecule is C=c1sc(C(N)=NC)c([N+](=C)C)c1=CC=C(C)c1cnc(N)nc1. The molecule has 4 N–H and O–H groups in total. The smallest absolute Gasteiger partial charge is 0.234 e. The number of hydrogen-bond acceptors (Lipinski definition) is 5. The number of allylic oxidation sites excluding steroid dienone is 2. The van der Waals surface area contributed by atoms with E-state index < -0.39 is 0 Å². The minimum absolute atomic E-state index is 0.258. The van der Waals surface area contributed by atoms with Crippen LogP contribution in [0.1, 0.15) is 17.4 Å². The molecule has 0 bridgehead atoms. The topological polar surface area (TPSA) is 93.2 Å². The number of anilines is 1. The van der Waals surface area contributed by atoms with Gasteiger partial charge in [0.05, 0.1) is 5.22 Å². The highest BCUT2D eigenvalue weighted by atomic mass is 32.1. The summed E-state index contributed by atoms with van der Waals surface area (Å²) in [6.45, 7) is 10.1. The fraction of sp³-hybridized carbons (Fsp3) is 0.176.